The van der Waals surface area contributed by atoms with Crippen molar-refractivity contribution in [2.24, 2.45) is 0 Å². The maximum absolute atomic E-state index is 5.33. The highest BCUT2D eigenvalue weighted by Crippen LogP contribution is 2.31. The van der Waals surface area contributed by atoms with E-state index in [4.69, 9.17) is 4.74 Å². The van der Waals surface area contributed by atoms with Crippen LogP contribution in [0.3, 0.4) is 0 Å². The topological polar surface area (TPSA) is 59.3 Å². The van der Waals surface area contributed by atoms with Gasteiger partial charge in [-0.15, -0.1) is 11.7 Å². The highest BCUT2D eigenvalue weighted by molar-refractivity contribution is 5.32. The van der Waals surface area contributed by atoms with E-state index in [0.717, 1.165) is 44.3 Å². The third-order valence-corrected chi connectivity index (χ3v) is 4.96. The molecule has 146 valence electrons. The van der Waals surface area contributed by atoms with Crippen LogP contribution in [0.2, 0.25) is 0 Å². The number of benzene rings is 1. The van der Waals surface area contributed by atoms with Gasteiger partial charge in [-0.05, 0) is 48.9 Å². The summed E-state index contributed by atoms with van der Waals surface area (Å²) in [4.78, 5) is 4.89. The second-order valence-corrected chi connectivity index (χ2v) is 7.92. The molecule has 7 nitrogen and oxygen atoms in total. The highest BCUT2D eigenvalue weighted by atomic mass is 16.5. The molecular formula is C20H30N6O. The van der Waals surface area contributed by atoms with E-state index in [1.807, 2.05) is 22.9 Å². The summed E-state index contributed by atoms with van der Waals surface area (Å²) in [6.45, 7) is 15.1. The quantitative estimate of drug-likeness (QED) is 0.728. The second-order valence-electron chi connectivity index (χ2n) is 7.92. The Morgan fingerprint density at radius 2 is 1.81 bits per heavy atom. The molecule has 1 fully saturated rings. The average Bonchev–Trinajstić information content (AvgIpc) is 3.14. The molecule has 0 spiro atoms. The molecule has 1 aromatic heterocycles. The van der Waals surface area contributed by atoms with Gasteiger partial charge < -0.3 is 4.74 Å². The molecule has 1 aliphatic heterocycles. The van der Waals surface area contributed by atoms with Crippen LogP contribution in [-0.2, 0) is 5.54 Å². The number of tetrazole rings is 1. The Labute approximate surface area is 161 Å². The van der Waals surface area contributed by atoms with Crippen molar-refractivity contribution in [3.8, 4) is 5.75 Å². The fraction of sp³-hybridized carbons (Fsp3) is 0.550. The number of hydrogen-bond acceptors (Lipinski definition) is 6. The fourth-order valence-corrected chi connectivity index (χ4v) is 3.54. The maximum atomic E-state index is 5.33. The Bertz CT molecular complexity index is 741. The monoisotopic (exact) mass is 370 g/mol. The van der Waals surface area contributed by atoms with Gasteiger partial charge in [0.25, 0.3) is 0 Å². The van der Waals surface area contributed by atoms with E-state index in [9.17, 15) is 0 Å². The lowest BCUT2D eigenvalue weighted by Gasteiger charge is -2.39. The molecule has 1 aromatic carbocycles. The summed E-state index contributed by atoms with van der Waals surface area (Å²) in [5.74, 6) is 1.73. The van der Waals surface area contributed by atoms with Crippen molar-refractivity contribution in [3.63, 3.8) is 0 Å². The summed E-state index contributed by atoms with van der Waals surface area (Å²) < 4.78 is 7.27. The van der Waals surface area contributed by atoms with Crippen LogP contribution in [0.1, 0.15) is 38.2 Å². The molecular weight excluding hydrogens is 340 g/mol. The molecule has 0 radical (unpaired) electrons. The minimum Gasteiger partial charge on any atom is -0.497 e. The summed E-state index contributed by atoms with van der Waals surface area (Å²) in [6, 6.07) is 8.24. The van der Waals surface area contributed by atoms with E-state index in [0.29, 0.717) is 0 Å². The number of hydrogen-bond donors (Lipinski definition) is 0. The summed E-state index contributed by atoms with van der Waals surface area (Å²) in [5.41, 5.74) is 0.988. The molecule has 1 aliphatic rings. The van der Waals surface area contributed by atoms with Gasteiger partial charge in [0, 0.05) is 32.7 Å². The lowest BCUT2D eigenvalue weighted by Crippen LogP contribution is -2.48. The van der Waals surface area contributed by atoms with Gasteiger partial charge in [-0.25, -0.2) is 4.68 Å². The van der Waals surface area contributed by atoms with Gasteiger partial charge in [-0.3, -0.25) is 9.80 Å². The van der Waals surface area contributed by atoms with Gasteiger partial charge in [-0.1, -0.05) is 18.2 Å². The van der Waals surface area contributed by atoms with E-state index in [-0.39, 0.29) is 11.6 Å². The zero-order valence-corrected chi connectivity index (χ0v) is 16.8. The van der Waals surface area contributed by atoms with Crippen molar-refractivity contribution in [1.29, 1.82) is 0 Å². The van der Waals surface area contributed by atoms with Crippen molar-refractivity contribution < 1.29 is 4.74 Å². The molecule has 0 amide bonds. The number of rotatable bonds is 6. The van der Waals surface area contributed by atoms with Crippen molar-refractivity contribution in [2.45, 2.75) is 32.4 Å². The molecule has 1 saturated heterocycles. The first-order valence-corrected chi connectivity index (χ1v) is 9.44. The van der Waals surface area contributed by atoms with Crippen LogP contribution >= 0.6 is 0 Å². The van der Waals surface area contributed by atoms with Crippen LogP contribution in [0.5, 0.6) is 5.75 Å². The molecule has 3 rings (SSSR count). The lowest BCUT2D eigenvalue weighted by molar-refractivity contribution is 0.110. The number of methoxy groups -OCH3 is 1. The first kappa shape index (κ1) is 19.5. The fourth-order valence-electron chi connectivity index (χ4n) is 3.54. The molecule has 0 aliphatic carbocycles. The Morgan fingerprint density at radius 1 is 1.15 bits per heavy atom. The molecule has 0 N–H and O–H groups in total. The molecule has 7 heteroatoms. The highest BCUT2D eigenvalue weighted by Gasteiger charge is 2.33. The Morgan fingerprint density at radius 3 is 2.37 bits per heavy atom. The summed E-state index contributed by atoms with van der Waals surface area (Å²) in [7, 11) is 1.69. The van der Waals surface area contributed by atoms with Gasteiger partial charge >= 0.3 is 0 Å². The first-order chi connectivity index (χ1) is 12.9. The smallest absolute Gasteiger partial charge is 0.173 e. The molecule has 27 heavy (non-hydrogen) atoms. The third kappa shape index (κ3) is 4.36. The van der Waals surface area contributed by atoms with Crippen LogP contribution in [0, 0.1) is 0 Å². The average molecular weight is 371 g/mol. The van der Waals surface area contributed by atoms with E-state index < -0.39 is 0 Å². The van der Waals surface area contributed by atoms with E-state index >= 15 is 0 Å². The van der Waals surface area contributed by atoms with Crippen molar-refractivity contribution in [2.75, 3.05) is 39.8 Å². The minimum absolute atomic E-state index is 0.0102. The molecule has 1 atom stereocenters. The summed E-state index contributed by atoms with van der Waals surface area (Å²) >= 11 is 0. The number of ether oxygens (including phenoxy) is 1. The minimum atomic E-state index is -0.186. The van der Waals surface area contributed by atoms with Gasteiger partial charge in [-0.2, -0.15) is 0 Å². The standard InChI is InChI=1S/C20H30N6O/c1-6-11-24-12-14-25(15-13-24)18(16-7-9-17(27-5)10-8-16)19-21-22-23-26(19)20(2,3)4/h6-10,18H,1,11-15H2,2-5H3/t18-/m1/s1. The van der Waals surface area contributed by atoms with Crippen LogP contribution in [0.15, 0.2) is 36.9 Å². The maximum Gasteiger partial charge on any atom is 0.173 e. The predicted octanol–water partition coefficient (Wildman–Crippen LogP) is 2.33. The van der Waals surface area contributed by atoms with E-state index in [1.165, 1.54) is 5.56 Å². The predicted molar refractivity (Wildman–Crippen MR) is 106 cm³/mol. The molecule has 2 aromatic rings. The lowest BCUT2D eigenvalue weighted by atomic mass is 10.0. The Hall–Kier alpha value is -2.25. The first-order valence-electron chi connectivity index (χ1n) is 9.44. The Balaban J connectivity index is 1.95. The SMILES string of the molecule is C=CCN1CCN([C@H](c2ccc(OC)cc2)c2nnnn2C(C)(C)C)CC1. The summed E-state index contributed by atoms with van der Waals surface area (Å²) in [6.07, 6.45) is 1.97. The normalized spacial score (nSPS) is 17.6. The number of aromatic nitrogens is 4. The molecule has 2 heterocycles. The van der Waals surface area contributed by atoms with Crippen LogP contribution in [0.4, 0.5) is 0 Å². The van der Waals surface area contributed by atoms with Gasteiger partial charge in [0.1, 0.15) is 5.75 Å². The number of piperazine rings is 1. The van der Waals surface area contributed by atoms with Crippen LogP contribution in [0.25, 0.3) is 0 Å². The third-order valence-electron chi connectivity index (χ3n) is 4.96. The molecule has 0 unspecified atom stereocenters. The van der Waals surface area contributed by atoms with Gasteiger partial charge in [0.2, 0.25) is 0 Å². The van der Waals surface area contributed by atoms with Gasteiger partial charge in [0.05, 0.1) is 18.7 Å². The zero-order valence-electron chi connectivity index (χ0n) is 16.8. The number of nitrogens with zero attached hydrogens (tertiary/aromatic N) is 6. The second kappa shape index (κ2) is 8.19. The molecule has 0 bridgehead atoms. The van der Waals surface area contributed by atoms with Crippen molar-refractivity contribution >= 4 is 0 Å². The van der Waals surface area contributed by atoms with Crippen LogP contribution < -0.4 is 4.74 Å². The van der Waals surface area contributed by atoms with E-state index in [1.54, 1.807) is 7.11 Å². The van der Waals surface area contributed by atoms with E-state index in [2.05, 4.69) is 64.8 Å². The van der Waals surface area contributed by atoms with Crippen LogP contribution in [-0.4, -0.2) is 69.8 Å². The largest absolute Gasteiger partial charge is 0.497 e. The zero-order chi connectivity index (χ0) is 19.4. The van der Waals surface area contributed by atoms with Crippen molar-refractivity contribution in [3.05, 3.63) is 48.3 Å². The van der Waals surface area contributed by atoms with Gasteiger partial charge in [0.15, 0.2) is 5.82 Å². The molecule has 0 saturated carbocycles. The van der Waals surface area contributed by atoms with Crippen molar-refractivity contribution in [1.82, 2.24) is 30.0 Å². The summed E-state index contributed by atoms with van der Waals surface area (Å²) in [5, 5.41) is 12.7. The Kier molecular flexibility index (Phi) is 5.92.